The molecule has 1 aliphatic heterocycles. The van der Waals surface area contributed by atoms with Crippen molar-refractivity contribution in [1.29, 1.82) is 0 Å². The number of nitrogens with zero attached hydrogens (tertiary/aromatic N) is 3. The van der Waals surface area contributed by atoms with E-state index in [1.54, 1.807) is 0 Å². The molecule has 2 aromatic rings. The van der Waals surface area contributed by atoms with Crippen LogP contribution < -0.4 is 0 Å². The average Bonchev–Trinajstić information content (AvgIpc) is 3.02. The Hall–Kier alpha value is -2.29. The van der Waals surface area contributed by atoms with Gasteiger partial charge in [-0.2, -0.15) is 5.11 Å². The highest BCUT2D eigenvalue weighted by molar-refractivity contribution is 6.07. The molecular weight excluding hydrogens is 258 g/mol. The van der Waals surface area contributed by atoms with Crippen LogP contribution in [0, 0.1) is 5.92 Å². The zero-order valence-electron chi connectivity index (χ0n) is 12.5. The summed E-state index contributed by atoms with van der Waals surface area (Å²) < 4.78 is 0. The number of benzene rings is 2. The molecule has 0 saturated heterocycles. The lowest BCUT2D eigenvalue weighted by atomic mass is 9.94. The van der Waals surface area contributed by atoms with Crippen molar-refractivity contribution in [3.8, 4) is 11.1 Å². The molecule has 3 nitrogen and oxygen atoms in total. The van der Waals surface area contributed by atoms with Crippen molar-refractivity contribution in [1.82, 2.24) is 0 Å². The van der Waals surface area contributed by atoms with Crippen LogP contribution in [0.25, 0.3) is 11.1 Å². The molecule has 0 aliphatic carbocycles. The van der Waals surface area contributed by atoms with Gasteiger partial charge in [-0.25, -0.2) is 0 Å². The fourth-order valence-electron chi connectivity index (χ4n) is 2.63. The van der Waals surface area contributed by atoms with Crippen molar-refractivity contribution in [3.63, 3.8) is 0 Å². The number of hydrogen-bond acceptors (Lipinski definition) is 3. The Morgan fingerprint density at radius 1 is 0.952 bits per heavy atom. The summed E-state index contributed by atoms with van der Waals surface area (Å²) in [4.78, 5) is 0. The SMILES string of the molecule is CC(C)Cc1ccc(-c2ccccc2C2=NN=NC2)cc1. The first-order valence-electron chi connectivity index (χ1n) is 7.36. The summed E-state index contributed by atoms with van der Waals surface area (Å²) in [5.41, 5.74) is 5.86. The van der Waals surface area contributed by atoms with Crippen molar-refractivity contribution in [3.05, 3.63) is 59.7 Å². The third kappa shape index (κ3) is 3.07. The fourth-order valence-corrected chi connectivity index (χ4v) is 2.63. The molecule has 0 fully saturated rings. The maximum atomic E-state index is 4.12. The van der Waals surface area contributed by atoms with Crippen molar-refractivity contribution in [2.75, 3.05) is 6.54 Å². The Morgan fingerprint density at radius 2 is 1.67 bits per heavy atom. The van der Waals surface area contributed by atoms with Gasteiger partial charge in [-0.3, -0.25) is 0 Å². The third-order valence-corrected chi connectivity index (χ3v) is 3.60. The van der Waals surface area contributed by atoms with Crippen LogP contribution in [0.4, 0.5) is 0 Å². The highest BCUT2D eigenvalue weighted by Crippen LogP contribution is 2.26. The van der Waals surface area contributed by atoms with Crippen molar-refractivity contribution < 1.29 is 0 Å². The smallest absolute Gasteiger partial charge is 0.107 e. The Labute approximate surface area is 125 Å². The molecule has 0 atom stereocenters. The first kappa shape index (κ1) is 13.7. The molecule has 1 aliphatic rings. The molecule has 106 valence electrons. The van der Waals surface area contributed by atoms with E-state index >= 15 is 0 Å². The number of rotatable bonds is 4. The molecule has 21 heavy (non-hydrogen) atoms. The molecule has 0 aromatic heterocycles. The number of hydrogen-bond donors (Lipinski definition) is 0. The molecule has 0 unspecified atom stereocenters. The van der Waals surface area contributed by atoms with E-state index in [0.29, 0.717) is 12.5 Å². The van der Waals surface area contributed by atoms with E-state index in [1.165, 1.54) is 16.7 Å². The lowest BCUT2D eigenvalue weighted by Gasteiger charge is -2.10. The van der Waals surface area contributed by atoms with Gasteiger partial charge in [-0.1, -0.05) is 62.4 Å². The summed E-state index contributed by atoms with van der Waals surface area (Å²) in [7, 11) is 0. The summed E-state index contributed by atoms with van der Waals surface area (Å²) in [6.07, 6.45) is 1.12. The molecule has 0 N–H and O–H groups in total. The van der Waals surface area contributed by atoms with Gasteiger partial charge in [0, 0.05) is 5.56 Å². The first-order chi connectivity index (χ1) is 10.2. The van der Waals surface area contributed by atoms with Gasteiger partial charge >= 0.3 is 0 Å². The van der Waals surface area contributed by atoms with Gasteiger partial charge in [-0.15, -0.1) is 5.10 Å². The van der Waals surface area contributed by atoms with Crippen molar-refractivity contribution in [2.45, 2.75) is 20.3 Å². The van der Waals surface area contributed by atoms with E-state index in [1.807, 2.05) is 6.07 Å². The summed E-state index contributed by atoms with van der Waals surface area (Å²) >= 11 is 0. The van der Waals surface area contributed by atoms with E-state index in [2.05, 4.69) is 71.8 Å². The van der Waals surface area contributed by atoms with Gasteiger partial charge in [0.1, 0.15) is 6.54 Å². The van der Waals surface area contributed by atoms with Gasteiger partial charge in [-0.05, 0) is 34.3 Å². The predicted octanol–water partition coefficient (Wildman–Crippen LogP) is 4.72. The minimum absolute atomic E-state index is 0.572. The van der Waals surface area contributed by atoms with Crippen LogP contribution in [-0.4, -0.2) is 12.3 Å². The van der Waals surface area contributed by atoms with Gasteiger partial charge in [0.05, 0.1) is 5.71 Å². The monoisotopic (exact) mass is 277 g/mol. The molecule has 0 amide bonds. The minimum atomic E-state index is 0.572. The van der Waals surface area contributed by atoms with Gasteiger partial charge in [0.15, 0.2) is 0 Å². The Morgan fingerprint density at radius 3 is 2.29 bits per heavy atom. The second-order valence-electron chi connectivity index (χ2n) is 5.78. The molecule has 0 radical (unpaired) electrons. The van der Waals surface area contributed by atoms with Gasteiger partial charge < -0.3 is 0 Å². The maximum absolute atomic E-state index is 4.12. The van der Waals surface area contributed by atoms with E-state index in [4.69, 9.17) is 0 Å². The predicted molar refractivity (Wildman–Crippen MR) is 86.7 cm³/mol. The normalized spacial score (nSPS) is 13.8. The first-order valence-corrected chi connectivity index (χ1v) is 7.36. The topological polar surface area (TPSA) is 37.1 Å². The minimum Gasteiger partial charge on any atom is -0.162 e. The molecular formula is C18H19N3. The molecule has 0 bridgehead atoms. The summed E-state index contributed by atoms with van der Waals surface area (Å²) in [5, 5.41) is 11.8. The van der Waals surface area contributed by atoms with Crippen LogP contribution in [0.1, 0.15) is 25.0 Å². The Bertz CT molecular complexity index is 682. The van der Waals surface area contributed by atoms with Crippen LogP contribution in [0.3, 0.4) is 0 Å². The van der Waals surface area contributed by atoms with Gasteiger partial charge in [0.2, 0.25) is 0 Å². The molecule has 3 heteroatoms. The summed E-state index contributed by atoms with van der Waals surface area (Å²) in [5.74, 6) is 0.680. The van der Waals surface area contributed by atoms with Crippen LogP contribution in [-0.2, 0) is 6.42 Å². The van der Waals surface area contributed by atoms with Crippen LogP contribution in [0.2, 0.25) is 0 Å². The standard InChI is InChI=1S/C18H19N3/c1-13(2)11-14-7-9-15(10-8-14)16-5-3-4-6-17(16)18-12-19-21-20-18/h3-10,13H,11-12H2,1-2H3. The third-order valence-electron chi connectivity index (χ3n) is 3.60. The van der Waals surface area contributed by atoms with Crippen molar-refractivity contribution >= 4 is 5.71 Å². The van der Waals surface area contributed by atoms with E-state index < -0.39 is 0 Å². The molecule has 1 heterocycles. The lowest BCUT2D eigenvalue weighted by molar-refractivity contribution is 0.647. The van der Waals surface area contributed by atoms with Crippen LogP contribution in [0.5, 0.6) is 0 Å². The van der Waals surface area contributed by atoms with Gasteiger partial charge in [0.25, 0.3) is 0 Å². The Balaban J connectivity index is 1.93. The van der Waals surface area contributed by atoms with Crippen molar-refractivity contribution in [2.24, 2.45) is 21.4 Å². The van der Waals surface area contributed by atoms with E-state index in [9.17, 15) is 0 Å². The zero-order chi connectivity index (χ0) is 14.7. The average molecular weight is 277 g/mol. The van der Waals surface area contributed by atoms with E-state index in [-0.39, 0.29) is 0 Å². The summed E-state index contributed by atoms with van der Waals surface area (Å²) in [6, 6.07) is 17.1. The largest absolute Gasteiger partial charge is 0.162 e. The molecule has 0 saturated carbocycles. The molecule has 0 spiro atoms. The highest BCUT2D eigenvalue weighted by atomic mass is 15.4. The van der Waals surface area contributed by atoms with Crippen LogP contribution >= 0.6 is 0 Å². The zero-order valence-corrected chi connectivity index (χ0v) is 12.5. The highest BCUT2D eigenvalue weighted by Gasteiger charge is 2.13. The fraction of sp³-hybridized carbons (Fsp3) is 0.278. The quantitative estimate of drug-likeness (QED) is 0.775. The lowest BCUT2D eigenvalue weighted by Crippen LogP contribution is -2.03. The molecule has 2 aromatic carbocycles. The van der Waals surface area contributed by atoms with Crippen LogP contribution in [0.15, 0.2) is 64.0 Å². The maximum Gasteiger partial charge on any atom is 0.107 e. The second kappa shape index (κ2) is 6.00. The summed E-state index contributed by atoms with van der Waals surface area (Å²) in [6.45, 7) is 5.06. The molecule has 3 rings (SSSR count). The second-order valence-corrected chi connectivity index (χ2v) is 5.78. The Kier molecular flexibility index (Phi) is 3.91. The van der Waals surface area contributed by atoms with E-state index in [0.717, 1.165) is 17.7 Å².